The molecular weight excluding hydrogens is 603 g/mol. The van der Waals surface area contributed by atoms with Crippen molar-refractivity contribution in [2.24, 2.45) is 0 Å². The highest BCUT2D eigenvalue weighted by Crippen LogP contribution is 2.39. The zero-order valence-electron chi connectivity index (χ0n) is 23.3. The van der Waals surface area contributed by atoms with Crippen LogP contribution in [0.2, 0.25) is 0 Å². The van der Waals surface area contributed by atoms with Crippen LogP contribution in [0.5, 0.6) is 0 Å². The van der Waals surface area contributed by atoms with Gasteiger partial charge in [0, 0.05) is 25.8 Å². The maximum absolute atomic E-state index is 13.9. The Labute approximate surface area is 243 Å². The van der Waals surface area contributed by atoms with Gasteiger partial charge in [0.25, 0.3) is 0 Å². The van der Waals surface area contributed by atoms with Crippen molar-refractivity contribution in [2.75, 3.05) is 29.5 Å². The van der Waals surface area contributed by atoms with Crippen LogP contribution in [-0.4, -0.2) is 43.9 Å². The number of carbonyl (C=O) groups is 1. The van der Waals surface area contributed by atoms with Crippen molar-refractivity contribution >= 4 is 21.6 Å². The Hall–Kier alpha value is -3.68. The van der Waals surface area contributed by atoms with Gasteiger partial charge in [0.15, 0.2) is 9.84 Å². The van der Waals surface area contributed by atoms with Crippen LogP contribution in [0.25, 0.3) is 11.1 Å². The van der Waals surface area contributed by atoms with Crippen molar-refractivity contribution in [1.29, 1.82) is 0 Å². The average Bonchev–Trinajstić information content (AvgIpc) is 2.90. The molecule has 0 unspecified atom stereocenters. The molecule has 1 fully saturated rings. The fourth-order valence-corrected chi connectivity index (χ4v) is 5.95. The van der Waals surface area contributed by atoms with Gasteiger partial charge >= 0.3 is 12.4 Å². The van der Waals surface area contributed by atoms with Gasteiger partial charge in [-0.15, -0.1) is 0 Å². The van der Waals surface area contributed by atoms with Crippen LogP contribution in [0, 0.1) is 12.7 Å². The minimum Gasteiger partial charge on any atom is -0.355 e. The van der Waals surface area contributed by atoms with E-state index in [1.54, 1.807) is 17.9 Å². The molecule has 0 atom stereocenters. The van der Waals surface area contributed by atoms with Crippen molar-refractivity contribution in [2.45, 2.75) is 45.1 Å². The largest absolute Gasteiger partial charge is 0.416 e. The fraction of sp³-hybridized carbons (Fsp3) is 0.379. The van der Waals surface area contributed by atoms with Crippen molar-refractivity contribution in [3.8, 4) is 11.1 Å². The number of aromatic nitrogens is 1. The van der Waals surface area contributed by atoms with E-state index in [0.29, 0.717) is 40.2 Å². The Kier molecular flexibility index (Phi) is 8.57. The van der Waals surface area contributed by atoms with Crippen molar-refractivity contribution in [3.63, 3.8) is 0 Å². The zero-order chi connectivity index (χ0) is 32.0. The van der Waals surface area contributed by atoms with Crippen molar-refractivity contribution in [3.05, 3.63) is 82.3 Å². The number of anilines is 1. The summed E-state index contributed by atoms with van der Waals surface area (Å²) in [5.41, 5.74) is -3.23. The van der Waals surface area contributed by atoms with E-state index in [4.69, 9.17) is 0 Å². The number of aryl methyl sites for hydroxylation is 1. The monoisotopic (exact) mass is 631 g/mol. The quantitative estimate of drug-likeness (QED) is 0.335. The van der Waals surface area contributed by atoms with Gasteiger partial charge < -0.3 is 10.2 Å². The number of nitrogens with zero attached hydrogens (tertiary/aromatic N) is 2. The van der Waals surface area contributed by atoms with E-state index in [2.05, 4.69) is 10.3 Å². The molecule has 0 spiro atoms. The molecule has 4 rings (SSSR count). The number of benzene rings is 2. The lowest BCUT2D eigenvalue weighted by Crippen LogP contribution is -2.41. The van der Waals surface area contributed by atoms with Gasteiger partial charge in [-0.25, -0.2) is 17.8 Å². The third-order valence-corrected chi connectivity index (χ3v) is 9.04. The number of amides is 1. The lowest BCUT2D eigenvalue weighted by atomic mass is 9.81. The van der Waals surface area contributed by atoms with Crippen molar-refractivity contribution in [1.82, 2.24) is 10.3 Å². The molecular formula is C29H28F7N3O3S. The first-order valence-electron chi connectivity index (χ1n) is 13.1. The Bertz CT molecular complexity index is 1610. The summed E-state index contributed by atoms with van der Waals surface area (Å²) in [7, 11) is -3.17. The van der Waals surface area contributed by atoms with Crippen LogP contribution >= 0.6 is 0 Å². The average molecular weight is 632 g/mol. The molecule has 1 aliphatic rings. The lowest BCUT2D eigenvalue weighted by molar-refractivity contribution is -0.143. The second kappa shape index (κ2) is 11.4. The highest BCUT2D eigenvalue weighted by Gasteiger charge is 2.40. The summed E-state index contributed by atoms with van der Waals surface area (Å²) in [5.74, 6) is -0.983. The normalized spacial score (nSPS) is 15.8. The molecule has 3 aromatic rings. The molecule has 6 nitrogen and oxygen atoms in total. The maximum Gasteiger partial charge on any atom is 0.416 e. The zero-order valence-corrected chi connectivity index (χ0v) is 24.1. The lowest BCUT2D eigenvalue weighted by Gasteiger charge is -2.29. The molecule has 1 aliphatic heterocycles. The van der Waals surface area contributed by atoms with E-state index in [0.717, 1.165) is 0 Å². The third-order valence-electron chi connectivity index (χ3n) is 7.44. The number of rotatable bonds is 6. The first kappa shape index (κ1) is 32.2. The number of alkyl halides is 6. The Morgan fingerprint density at radius 1 is 0.884 bits per heavy atom. The maximum atomic E-state index is 13.9. The van der Waals surface area contributed by atoms with Gasteiger partial charge in [0.05, 0.1) is 28.0 Å². The molecule has 1 aromatic heterocycles. The van der Waals surface area contributed by atoms with Gasteiger partial charge in [-0.1, -0.05) is 6.07 Å². The van der Waals surface area contributed by atoms with E-state index in [9.17, 15) is 43.9 Å². The third kappa shape index (κ3) is 7.28. The summed E-state index contributed by atoms with van der Waals surface area (Å²) < 4.78 is 118. The van der Waals surface area contributed by atoms with Crippen LogP contribution in [0.15, 0.2) is 48.7 Å². The van der Waals surface area contributed by atoms with Crippen LogP contribution in [0.4, 0.5) is 36.6 Å². The second-order valence-corrected chi connectivity index (χ2v) is 13.2. The molecule has 1 N–H and O–H groups in total. The summed E-state index contributed by atoms with van der Waals surface area (Å²) in [6, 6.07) is 6.80. The number of hydrogen-bond donors (Lipinski definition) is 1. The Balaban J connectivity index is 1.67. The van der Waals surface area contributed by atoms with E-state index >= 15 is 0 Å². The molecule has 1 amide bonds. The van der Waals surface area contributed by atoms with Gasteiger partial charge in [-0.2, -0.15) is 26.3 Å². The number of carbonyl (C=O) groups excluding carboxylic acids is 1. The van der Waals surface area contributed by atoms with Gasteiger partial charge in [0.2, 0.25) is 5.91 Å². The SMILES string of the molecule is Cc1cc(F)ccc1-c1cc(N2CCS(=O)(=O)CC2)ncc1CNC(=O)C(C)(C)c1cc(C(F)(F)F)cc(C(F)(F)F)c1. The first-order valence-corrected chi connectivity index (χ1v) is 14.9. The standard InChI is InChI=1S/C29H28F7N3O3S/c1-17-10-22(30)4-5-23(17)24-14-25(39-6-8-43(41,42)9-7-39)37-15-18(24)16-38-26(40)27(2,3)19-11-20(28(31,32)33)13-21(12-19)29(34,35)36/h4-5,10-15H,6-9,16H2,1-3H3,(H,38,40). The Morgan fingerprint density at radius 3 is 1.98 bits per heavy atom. The number of sulfone groups is 1. The predicted molar refractivity (Wildman–Crippen MR) is 147 cm³/mol. The van der Waals surface area contributed by atoms with Crippen LogP contribution in [0.1, 0.15) is 41.7 Å². The summed E-state index contributed by atoms with van der Waals surface area (Å²) in [5, 5.41) is 2.60. The minimum atomic E-state index is -5.07. The summed E-state index contributed by atoms with van der Waals surface area (Å²) in [4.78, 5) is 19.5. The number of halogens is 7. The number of pyridine rings is 1. The second-order valence-electron chi connectivity index (χ2n) is 10.9. The number of nitrogens with one attached hydrogen (secondary N) is 1. The van der Waals surface area contributed by atoms with Crippen LogP contribution in [-0.2, 0) is 38.9 Å². The molecule has 2 heterocycles. The van der Waals surface area contributed by atoms with Crippen LogP contribution < -0.4 is 10.2 Å². The fourth-order valence-electron chi connectivity index (χ4n) is 4.75. The minimum absolute atomic E-state index is 0.000228. The highest BCUT2D eigenvalue weighted by atomic mass is 32.2. The molecule has 0 aliphatic carbocycles. The molecule has 1 saturated heterocycles. The molecule has 0 bridgehead atoms. The predicted octanol–water partition coefficient (Wildman–Crippen LogP) is 6.06. The van der Waals surface area contributed by atoms with Gasteiger partial charge in [-0.3, -0.25) is 4.79 Å². The first-order chi connectivity index (χ1) is 19.8. The summed E-state index contributed by atoms with van der Waals surface area (Å²) in [6.07, 6.45) is -8.71. The van der Waals surface area contributed by atoms with Gasteiger partial charge in [-0.05, 0) is 85.0 Å². The van der Waals surface area contributed by atoms with E-state index in [-0.39, 0.29) is 37.2 Å². The number of hydrogen-bond acceptors (Lipinski definition) is 5. The van der Waals surface area contributed by atoms with E-state index in [1.165, 1.54) is 38.2 Å². The molecule has 0 radical (unpaired) electrons. The smallest absolute Gasteiger partial charge is 0.355 e. The molecule has 232 valence electrons. The topological polar surface area (TPSA) is 79.4 Å². The highest BCUT2D eigenvalue weighted by molar-refractivity contribution is 7.91. The molecule has 43 heavy (non-hydrogen) atoms. The van der Waals surface area contributed by atoms with Gasteiger partial charge in [0.1, 0.15) is 11.6 Å². The van der Waals surface area contributed by atoms with E-state index < -0.39 is 56.0 Å². The van der Waals surface area contributed by atoms with Crippen molar-refractivity contribution < 1.29 is 43.9 Å². The van der Waals surface area contributed by atoms with Crippen LogP contribution in [0.3, 0.4) is 0 Å². The molecule has 14 heteroatoms. The summed E-state index contributed by atoms with van der Waals surface area (Å²) in [6.45, 7) is 4.31. The Morgan fingerprint density at radius 2 is 1.44 bits per heavy atom. The van der Waals surface area contributed by atoms with E-state index in [1.807, 2.05) is 0 Å². The summed E-state index contributed by atoms with van der Waals surface area (Å²) >= 11 is 0. The molecule has 2 aromatic carbocycles. The molecule has 0 saturated carbocycles.